The molecular formula is C18H25N7S. The highest BCUT2D eigenvalue weighted by Crippen LogP contribution is 2.28. The van der Waals surface area contributed by atoms with Gasteiger partial charge in [-0.3, -0.25) is 4.90 Å². The SMILES string of the molecule is CCn1c(Cn2ccnc2C)nnc1C1CCN(Cc2cscn2)CC1. The Hall–Kier alpha value is -2.06. The van der Waals surface area contributed by atoms with Gasteiger partial charge in [0.25, 0.3) is 0 Å². The van der Waals surface area contributed by atoms with Gasteiger partial charge in [0, 0.05) is 36.8 Å². The van der Waals surface area contributed by atoms with Gasteiger partial charge in [-0.05, 0) is 39.8 Å². The number of rotatable bonds is 6. The lowest BCUT2D eigenvalue weighted by molar-refractivity contribution is 0.198. The van der Waals surface area contributed by atoms with Crippen LogP contribution < -0.4 is 0 Å². The largest absolute Gasteiger partial charge is 0.328 e. The predicted molar refractivity (Wildman–Crippen MR) is 101 cm³/mol. The molecule has 0 spiro atoms. The number of hydrogen-bond donors (Lipinski definition) is 0. The van der Waals surface area contributed by atoms with Crippen molar-refractivity contribution >= 4 is 11.3 Å². The lowest BCUT2D eigenvalue weighted by atomic mass is 9.95. The summed E-state index contributed by atoms with van der Waals surface area (Å²) in [6.07, 6.45) is 6.10. The van der Waals surface area contributed by atoms with Gasteiger partial charge in [0.1, 0.15) is 11.6 Å². The zero-order valence-corrected chi connectivity index (χ0v) is 16.2. The minimum atomic E-state index is 0.492. The van der Waals surface area contributed by atoms with Crippen LogP contribution in [0, 0.1) is 6.92 Å². The number of thiazole rings is 1. The predicted octanol–water partition coefficient (Wildman–Crippen LogP) is 2.69. The molecule has 4 rings (SSSR count). The summed E-state index contributed by atoms with van der Waals surface area (Å²) in [6, 6.07) is 0. The lowest BCUT2D eigenvalue weighted by Gasteiger charge is -2.31. The zero-order chi connectivity index (χ0) is 17.9. The third-order valence-corrected chi connectivity index (χ3v) is 5.86. The van der Waals surface area contributed by atoms with E-state index >= 15 is 0 Å². The average molecular weight is 372 g/mol. The molecule has 3 aromatic heterocycles. The second-order valence-electron chi connectivity index (χ2n) is 6.85. The summed E-state index contributed by atoms with van der Waals surface area (Å²) in [5.74, 6) is 3.67. The average Bonchev–Trinajstić information content (AvgIpc) is 3.39. The van der Waals surface area contributed by atoms with Crippen LogP contribution in [0.1, 0.15) is 48.9 Å². The summed E-state index contributed by atoms with van der Waals surface area (Å²) >= 11 is 1.67. The lowest BCUT2D eigenvalue weighted by Crippen LogP contribution is -2.33. The maximum absolute atomic E-state index is 4.57. The molecule has 8 heteroatoms. The van der Waals surface area contributed by atoms with Crippen molar-refractivity contribution in [1.82, 2.24) is 34.2 Å². The van der Waals surface area contributed by atoms with E-state index in [1.165, 1.54) is 5.69 Å². The molecule has 0 radical (unpaired) electrons. The summed E-state index contributed by atoms with van der Waals surface area (Å²) < 4.78 is 4.41. The molecule has 1 saturated heterocycles. The summed E-state index contributed by atoms with van der Waals surface area (Å²) in [5.41, 5.74) is 3.10. The Morgan fingerprint density at radius 3 is 2.65 bits per heavy atom. The highest BCUT2D eigenvalue weighted by atomic mass is 32.1. The second-order valence-corrected chi connectivity index (χ2v) is 7.57. The molecule has 0 unspecified atom stereocenters. The molecule has 0 amide bonds. The molecule has 7 nitrogen and oxygen atoms in total. The van der Waals surface area contributed by atoms with E-state index in [1.54, 1.807) is 11.3 Å². The fourth-order valence-corrected chi connectivity index (χ4v) is 4.28. The van der Waals surface area contributed by atoms with Crippen molar-refractivity contribution in [3.8, 4) is 0 Å². The highest BCUT2D eigenvalue weighted by molar-refractivity contribution is 7.07. The van der Waals surface area contributed by atoms with Gasteiger partial charge in [-0.1, -0.05) is 0 Å². The minimum absolute atomic E-state index is 0.492. The topological polar surface area (TPSA) is 64.7 Å². The smallest absolute Gasteiger partial charge is 0.153 e. The third kappa shape index (κ3) is 3.57. The molecular weight excluding hydrogens is 346 g/mol. The van der Waals surface area contributed by atoms with Gasteiger partial charge in [0.2, 0.25) is 0 Å². The van der Waals surface area contributed by atoms with Crippen molar-refractivity contribution < 1.29 is 0 Å². The van der Waals surface area contributed by atoms with Crippen LogP contribution in [0.5, 0.6) is 0 Å². The second kappa shape index (κ2) is 7.67. The van der Waals surface area contributed by atoms with Crippen LogP contribution in [0.4, 0.5) is 0 Å². The van der Waals surface area contributed by atoms with Gasteiger partial charge in [-0.25, -0.2) is 9.97 Å². The van der Waals surface area contributed by atoms with Crippen molar-refractivity contribution in [2.45, 2.75) is 52.2 Å². The fraction of sp³-hybridized carbons (Fsp3) is 0.556. The van der Waals surface area contributed by atoms with Crippen LogP contribution in [0.25, 0.3) is 0 Å². The molecule has 3 aromatic rings. The van der Waals surface area contributed by atoms with Gasteiger partial charge in [-0.2, -0.15) is 0 Å². The van der Waals surface area contributed by atoms with E-state index in [-0.39, 0.29) is 0 Å². The monoisotopic (exact) mass is 371 g/mol. The zero-order valence-electron chi connectivity index (χ0n) is 15.4. The number of aryl methyl sites for hydroxylation is 1. The molecule has 4 heterocycles. The van der Waals surface area contributed by atoms with E-state index in [9.17, 15) is 0 Å². The first-order chi connectivity index (χ1) is 12.7. The quantitative estimate of drug-likeness (QED) is 0.667. The molecule has 0 bridgehead atoms. The molecule has 1 aliphatic rings. The van der Waals surface area contributed by atoms with Crippen molar-refractivity contribution in [3.63, 3.8) is 0 Å². The van der Waals surface area contributed by atoms with Gasteiger partial charge in [0.15, 0.2) is 5.82 Å². The first-order valence-corrected chi connectivity index (χ1v) is 10.2. The number of nitrogens with zero attached hydrogens (tertiary/aromatic N) is 7. The Morgan fingerprint density at radius 1 is 1.15 bits per heavy atom. The molecule has 0 atom stereocenters. The van der Waals surface area contributed by atoms with Crippen molar-refractivity contribution in [2.24, 2.45) is 0 Å². The molecule has 26 heavy (non-hydrogen) atoms. The molecule has 1 aliphatic heterocycles. The first kappa shape index (κ1) is 17.4. The summed E-state index contributed by atoms with van der Waals surface area (Å²) in [6.45, 7) is 8.98. The molecule has 138 valence electrons. The van der Waals surface area contributed by atoms with Crippen LogP contribution in [-0.4, -0.2) is 47.3 Å². The minimum Gasteiger partial charge on any atom is -0.328 e. The van der Waals surface area contributed by atoms with Crippen molar-refractivity contribution in [2.75, 3.05) is 13.1 Å². The standard InChI is InChI=1S/C18H25N7S/c1-3-25-17(11-24-9-6-19-14(24)2)21-22-18(25)15-4-7-23(8-5-15)10-16-12-26-13-20-16/h6,9,12-13,15H,3-5,7-8,10-11H2,1-2H3. The van der Waals surface area contributed by atoms with E-state index in [4.69, 9.17) is 0 Å². The third-order valence-electron chi connectivity index (χ3n) is 5.23. The van der Waals surface area contributed by atoms with Crippen molar-refractivity contribution in [3.05, 3.63) is 46.5 Å². The molecule has 0 N–H and O–H groups in total. The molecule has 1 fully saturated rings. The number of imidazole rings is 1. The number of aromatic nitrogens is 6. The number of piperidine rings is 1. The maximum atomic E-state index is 4.57. The Balaban J connectivity index is 1.43. The van der Waals surface area contributed by atoms with E-state index < -0.39 is 0 Å². The molecule has 0 saturated carbocycles. The normalized spacial score (nSPS) is 16.4. The van der Waals surface area contributed by atoms with Crippen LogP contribution in [0.3, 0.4) is 0 Å². The number of hydrogen-bond acceptors (Lipinski definition) is 6. The summed E-state index contributed by atoms with van der Waals surface area (Å²) in [7, 11) is 0. The van der Waals surface area contributed by atoms with Crippen LogP contribution in [0.15, 0.2) is 23.3 Å². The van der Waals surface area contributed by atoms with Gasteiger partial charge >= 0.3 is 0 Å². The maximum Gasteiger partial charge on any atom is 0.153 e. The summed E-state index contributed by atoms with van der Waals surface area (Å²) in [4.78, 5) is 11.2. The molecule has 0 aliphatic carbocycles. The van der Waals surface area contributed by atoms with Crippen LogP contribution >= 0.6 is 11.3 Å². The van der Waals surface area contributed by atoms with Gasteiger partial charge in [0.05, 0.1) is 17.7 Å². The Labute approximate surface area is 157 Å². The van der Waals surface area contributed by atoms with E-state index in [2.05, 4.69) is 46.5 Å². The number of likely N-dealkylation sites (tertiary alicyclic amines) is 1. The van der Waals surface area contributed by atoms with Gasteiger partial charge < -0.3 is 9.13 Å². The highest BCUT2D eigenvalue weighted by Gasteiger charge is 2.26. The fourth-order valence-electron chi connectivity index (χ4n) is 3.73. The Morgan fingerprint density at radius 2 is 2.00 bits per heavy atom. The van der Waals surface area contributed by atoms with E-state index in [1.807, 2.05) is 24.8 Å². The summed E-state index contributed by atoms with van der Waals surface area (Å²) in [5, 5.41) is 11.2. The Kier molecular flexibility index (Phi) is 5.12. The van der Waals surface area contributed by atoms with Crippen LogP contribution in [-0.2, 0) is 19.6 Å². The van der Waals surface area contributed by atoms with Gasteiger partial charge in [-0.15, -0.1) is 21.5 Å². The Bertz CT molecular complexity index is 828. The van der Waals surface area contributed by atoms with Crippen molar-refractivity contribution in [1.29, 1.82) is 0 Å². The van der Waals surface area contributed by atoms with Crippen LogP contribution in [0.2, 0.25) is 0 Å². The van der Waals surface area contributed by atoms with E-state index in [0.29, 0.717) is 5.92 Å². The first-order valence-electron chi connectivity index (χ1n) is 9.23. The molecule has 0 aromatic carbocycles. The van der Waals surface area contributed by atoms with E-state index in [0.717, 1.165) is 63.0 Å².